The van der Waals surface area contributed by atoms with Gasteiger partial charge in [-0.2, -0.15) is 0 Å². The maximum absolute atomic E-state index is 11.1. The summed E-state index contributed by atoms with van der Waals surface area (Å²) < 4.78 is 0. The topological polar surface area (TPSA) is 69.6 Å². The predicted octanol–water partition coefficient (Wildman–Crippen LogP) is 1.38. The number of hydrogen-bond acceptors (Lipinski definition) is 3. The largest absolute Gasteiger partial charge is 0.480 e. The first kappa shape index (κ1) is 12.8. The van der Waals surface area contributed by atoms with E-state index in [1.807, 2.05) is 0 Å². The molecular weight excluding hydrogens is 218 g/mol. The number of aliphatic carboxylic acids is 1. The number of rotatable bonds is 5. The van der Waals surface area contributed by atoms with Gasteiger partial charge in [0.05, 0.1) is 5.60 Å². The van der Waals surface area contributed by atoms with Crippen LogP contribution in [0.5, 0.6) is 0 Å². The lowest BCUT2D eigenvalue weighted by molar-refractivity contribution is -0.140. The summed E-state index contributed by atoms with van der Waals surface area (Å²) in [4.78, 5) is 11.1. The van der Waals surface area contributed by atoms with Gasteiger partial charge in [0.2, 0.25) is 0 Å². The van der Waals surface area contributed by atoms with Gasteiger partial charge >= 0.3 is 5.97 Å². The monoisotopic (exact) mass is 241 g/mol. The molecule has 0 aromatic carbocycles. The van der Waals surface area contributed by atoms with Gasteiger partial charge < -0.3 is 15.5 Å². The molecular formula is C13H23NO3. The van der Waals surface area contributed by atoms with E-state index in [0.717, 1.165) is 32.1 Å². The highest BCUT2D eigenvalue weighted by Crippen LogP contribution is 2.35. The second-order valence-corrected chi connectivity index (χ2v) is 5.96. The smallest absolute Gasteiger partial charge is 0.320 e. The molecule has 2 fully saturated rings. The van der Waals surface area contributed by atoms with Crippen LogP contribution in [0.25, 0.3) is 0 Å². The quantitative estimate of drug-likeness (QED) is 0.680. The van der Waals surface area contributed by atoms with Gasteiger partial charge in [0.15, 0.2) is 0 Å². The highest BCUT2D eigenvalue weighted by atomic mass is 16.4. The standard InChI is InChI=1S/C13H23NO3/c1-9-3-2-6-13(17,7-9)8-14-11(12(15)16)10-4-5-10/h9-11,14,17H,2-8H2,1H3,(H,15,16). The summed E-state index contributed by atoms with van der Waals surface area (Å²) in [5.74, 6) is 0.0387. The fraction of sp³-hybridized carbons (Fsp3) is 0.923. The summed E-state index contributed by atoms with van der Waals surface area (Å²) in [6.07, 6.45) is 5.80. The van der Waals surface area contributed by atoms with Gasteiger partial charge in [-0.25, -0.2) is 0 Å². The normalized spacial score (nSPS) is 35.5. The van der Waals surface area contributed by atoms with Crippen molar-refractivity contribution in [1.29, 1.82) is 0 Å². The molecule has 0 aromatic heterocycles. The number of carbonyl (C=O) groups is 1. The van der Waals surface area contributed by atoms with Gasteiger partial charge in [-0.05, 0) is 37.5 Å². The van der Waals surface area contributed by atoms with Crippen molar-refractivity contribution in [2.75, 3.05) is 6.54 Å². The molecule has 3 N–H and O–H groups in total. The lowest BCUT2D eigenvalue weighted by atomic mass is 9.79. The van der Waals surface area contributed by atoms with E-state index in [9.17, 15) is 9.90 Å². The molecule has 0 spiro atoms. The average Bonchev–Trinajstić information content (AvgIpc) is 3.01. The molecule has 0 heterocycles. The fourth-order valence-corrected chi connectivity index (χ4v) is 2.98. The average molecular weight is 241 g/mol. The molecule has 0 saturated heterocycles. The summed E-state index contributed by atoms with van der Waals surface area (Å²) in [5.41, 5.74) is -0.694. The van der Waals surface area contributed by atoms with Crippen molar-refractivity contribution in [3.63, 3.8) is 0 Å². The first-order valence-corrected chi connectivity index (χ1v) is 6.69. The number of carboxylic acids is 1. The third-order valence-corrected chi connectivity index (χ3v) is 4.08. The molecule has 4 heteroatoms. The van der Waals surface area contributed by atoms with Gasteiger partial charge in [-0.15, -0.1) is 0 Å². The first-order valence-electron chi connectivity index (χ1n) is 6.69. The van der Waals surface area contributed by atoms with E-state index in [4.69, 9.17) is 5.11 Å². The Hall–Kier alpha value is -0.610. The predicted molar refractivity (Wildman–Crippen MR) is 64.7 cm³/mol. The molecule has 0 bridgehead atoms. The third-order valence-electron chi connectivity index (χ3n) is 4.08. The third kappa shape index (κ3) is 3.42. The second kappa shape index (κ2) is 4.94. The van der Waals surface area contributed by atoms with Crippen LogP contribution >= 0.6 is 0 Å². The Morgan fingerprint density at radius 1 is 1.47 bits per heavy atom. The Labute approximate surface area is 102 Å². The van der Waals surface area contributed by atoms with Gasteiger partial charge in [-0.3, -0.25) is 4.79 Å². The van der Waals surface area contributed by atoms with E-state index < -0.39 is 17.6 Å². The minimum absolute atomic E-state index is 0.275. The van der Waals surface area contributed by atoms with E-state index in [1.165, 1.54) is 6.42 Å². The van der Waals surface area contributed by atoms with Crippen molar-refractivity contribution in [2.45, 2.75) is 57.1 Å². The first-order chi connectivity index (χ1) is 8.00. The molecule has 0 aliphatic heterocycles. The summed E-state index contributed by atoms with van der Waals surface area (Å²) in [6, 6.07) is -0.462. The number of aliphatic hydroxyl groups is 1. The highest BCUT2D eigenvalue weighted by Gasteiger charge is 2.39. The number of nitrogens with one attached hydrogen (secondary N) is 1. The van der Waals surface area contributed by atoms with Crippen molar-refractivity contribution in [3.8, 4) is 0 Å². The molecule has 2 saturated carbocycles. The summed E-state index contributed by atoms with van der Waals surface area (Å²) in [6.45, 7) is 2.57. The van der Waals surface area contributed by atoms with Crippen LogP contribution in [0, 0.1) is 11.8 Å². The molecule has 0 radical (unpaired) electrons. The van der Waals surface area contributed by atoms with Gasteiger partial charge in [0.25, 0.3) is 0 Å². The van der Waals surface area contributed by atoms with Crippen LogP contribution in [-0.2, 0) is 4.79 Å². The minimum atomic E-state index is -0.778. The number of hydrogen-bond donors (Lipinski definition) is 3. The molecule has 2 rings (SSSR count). The Morgan fingerprint density at radius 2 is 2.18 bits per heavy atom. The molecule has 2 aliphatic rings. The van der Waals surface area contributed by atoms with E-state index in [2.05, 4.69) is 12.2 Å². The Balaban J connectivity index is 1.84. The Kier molecular flexibility index (Phi) is 3.73. The van der Waals surface area contributed by atoms with Crippen molar-refractivity contribution in [1.82, 2.24) is 5.32 Å². The zero-order valence-corrected chi connectivity index (χ0v) is 10.5. The molecule has 3 unspecified atom stereocenters. The second-order valence-electron chi connectivity index (χ2n) is 5.96. The van der Waals surface area contributed by atoms with Crippen LogP contribution in [0.1, 0.15) is 45.4 Å². The van der Waals surface area contributed by atoms with Crippen molar-refractivity contribution < 1.29 is 15.0 Å². The van der Waals surface area contributed by atoms with Crippen molar-refractivity contribution in [2.24, 2.45) is 11.8 Å². The highest BCUT2D eigenvalue weighted by molar-refractivity contribution is 5.74. The molecule has 3 atom stereocenters. The zero-order chi connectivity index (χ0) is 12.5. The zero-order valence-electron chi connectivity index (χ0n) is 10.5. The fourth-order valence-electron chi connectivity index (χ4n) is 2.98. The maximum Gasteiger partial charge on any atom is 0.320 e. The van der Waals surface area contributed by atoms with E-state index in [-0.39, 0.29) is 5.92 Å². The van der Waals surface area contributed by atoms with Gasteiger partial charge in [0, 0.05) is 6.54 Å². The molecule has 0 aromatic rings. The molecule has 98 valence electrons. The van der Waals surface area contributed by atoms with Crippen LogP contribution in [0.2, 0.25) is 0 Å². The van der Waals surface area contributed by atoms with E-state index in [0.29, 0.717) is 12.5 Å². The molecule has 4 nitrogen and oxygen atoms in total. The minimum Gasteiger partial charge on any atom is -0.480 e. The lowest BCUT2D eigenvalue weighted by Crippen LogP contribution is -2.49. The van der Waals surface area contributed by atoms with Crippen LogP contribution in [0.3, 0.4) is 0 Å². The van der Waals surface area contributed by atoms with Crippen molar-refractivity contribution >= 4 is 5.97 Å². The Bertz CT molecular complexity index is 290. The SMILES string of the molecule is CC1CCCC(O)(CNC(C(=O)O)C2CC2)C1. The Morgan fingerprint density at radius 3 is 2.71 bits per heavy atom. The van der Waals surface area contributed by atoms with Crippen LogP contribution < -0.4 is 5.32 Å². The van der Waals surface area contributed by atoms with Crippen LogP contribution in [0.15, 0.2) is 0 Å². The lowest BCUT2D eigenvalue weighted by Gasteiger charge is -2.36. The van der Waals surface area contributed by atoms with E-state index >= 15 is 0 Å². The van der Waals surface area contributed by atoms with Gasteiger partial charge in [-0.1, -0.05) is 19.8 Å². The van der Waals surface area contributed by atoms with Crippen molar-refractivity contribution in [3.05, 3.63) is 0 Å². The number of carboxylic acid groups (broad SMARTS) is 1. The summed E-state index contributed by atoms with van der Waals surface area (Å²) in [7, 11) is 0. The van der Waals surface area contributed by atoms with Crippen LogP contribution in [-0.4, -0.2) is 34.4 Å². The molecule has 0 amide bonds. The summed E-state index contributed by atoms with van der Waals surface area (Å²) >= 11 is 0. The summed E-state index contributed by atoms with van der Waals surface area (Å²) in [5, 5.41) is 22.6. The van der Waals surface area contributed by atoms with Gasteiger partial charge in [0.1, 0.15) is 6.04 Å². The molecule has 2 aliphatic carbocycles. The maximum atomic E-state index is 11.1. The van der Waals surface area contributed by atoms with E-state index in [1.54, 1.807) is 0 Å². The molecule has 17 heavy (non-hydrogen) atoms. The van der Waals surface area contributed by atoms with Crippen LogP contribution in [0.4, 0.5) is 0 Å².